The molecule has 0 fully saturated rings. The lowest BCUT2D eigenvalue weighted by atomic mass is 9.82. The number of nitrogens with one attached hydrogen (secondary N) is 1. The smallest absolute Gasteiger partial charge is 0.0872 e. The first-order valence-corrected chi connectivity index (χ1v) is 13.1. The maximum Gasteiger partial charge on any atom is 0.0872 e. The number of nitrogens with zero attached hydrogens (tertiary/aromatic N) is 1. The van der Waals surface area contributed by atoms with Crippen LogP contribution < -0.4 is 0 Å². The van der Waals surface area contributed by atoms with Gasteiger partial charge in [-0.1, -0.05) is 90.1 Å². The Hall–Kier alpha value is -3.91. The maximum absolute atomic E-state index is 4.94. The highest BCUT2D eigenvalue weighted by atomic mass is 14.8. The fraction of sp³-hybridized carbons (Fsp3) is 0.229. The topological polar surface area (TPSA) is 28.7 Å². The van der Waals surface area contributed by atoms with Crippen LogP contribution in [0.4, 0.5) is 0 Å². The third-order valence-electron chi connectivity index (χ3n) is 7.52. The van der Waals surface area contributed by atoms with Crippen molar-refractivity contribution in [3.05, 3.63) is 102 Å². The Labute approximate surface area is 219 Å². The van der Waals surface area contributed by atoms with E-state index in [4.69, 9.17) is 4.98 Å². The fourth-order valence-electron chi connectivity index (χ4n) is 5.24. The summed E-state index contributed by atoms with van der Waals surface area (Å²) < 4.78 is 0. The van der Waals surface area contributed by atoms with Gasteiger partial charge in [-0.25, -0.2) is 4.98 Å². The number of fused-ring (bicyclic) bond motifs is 3. The lowest BCUT2D eigenvalue weighted by Crippen LogP contribution is -2.11. The molecule has 184 valence electrons. The molecule has 0 saturated carbocycles. The Morgan fingerprint density at radius 1 is 0.541 bits per heavy atom. The number of aromatic amines is 1. The van der Waals surface area contributed by atoms with Crippen molar-refractivity contribution in [3.8, 4) is 22.6 Å². The minimum absolute atomic E-state index is 0.0730. The molecule has 37 heavy (non-hydrogen) atoms. The predicted octanol–water partition coefficient (Wildman–Crippen LogP) is 9.80. The van der Waals surface area contributed by atoms with Gasteiger partial charge in [0.25, 0.3) is 0 Å². The van der Waals surface area contributed by atoms with E-state index in [1.54, 1.807) is 0 Å². The van der Waals surface area contributed by atoms with Crippen molar-refractivity contribution >= 4 is 32.4 Å². The molecule has 2 heteroatoms. The predicted molar refractivity (Wildman–Crippen MR) is 159 cm³/mol. The minimum Gasteiger partial charge on any atom is -0.353 e. The van der Waals surface area contributed by atoms with Crippen molar-refractivity contribution in [1.82, 2.24) is 9.97 Å². The highest BCUT2D eigenvalue weighted by Gasteiger charge is 2.20. The summed E-state index contributed by atoms with van der Waals surface area (Å²) in [6.45, 7) is 13.7. The normalized spacial score (nSPS) is 12.6. The average molecular weight is 483 g/mol. The van der Waals surface area contributed by atoms with Crippen LogP contribution in [0.2, 0.25) is 0 Å². The summed E-state index contributed by atoms with van der Waals surface area (Å²) in [6, 6.07) is 33.2. The van der Waals surface area contributed by atoms with Gasteiger partial charge in [-0.05, 0) is 86.0 Å². The standard InChI is InChI=1S/C35H34N2/c1-34(2,3)25-14-11-23-19-24-12-15-26(35(4,5)6)21-28(24)33(27(23)20-25)32-18-17-31(37-32)30-16-13-22-9-7-8-10-29(22)36-30/h7-21,37H,1-6H3. The number of aromatic nitrogens is 2. The van der Waals surface area contributed by atoms with Crippen molar-refractivity contribution < 1.29 is 0 Å². The van der Waals surface area contributed by atoms with E-state index in [2.05, 4.69) is 131 Å². The number of hydrogen-bond acceptors (Lipinski definition) is 1. The van der Waals surface area contributed by atoms with Crippen LogP contribution >= 0.6 is 0 Å². The zero-order valence-electron chi connectivity index (χ0n) is 22.6. The first kappa shape index (κ1) is 23.5. The van der Waals surface area contributed by atoms with Gasteiger partial charge < -0.3 is 4.98 Å². The molecule has 2 aromatic heterocycles. The van der Waals surface area contributed by atoms with Crippen LogP contribution in [0.15, 0.2) is 91.0 Å². The molecule has 0 amide bonds. The Kier molecular flexibility index (Phi) is 5.28. The molecule has 2 heterocycles. The summed E-state index contributed by atoms with van der Waals surface area (Å²) in [5.74, 6) is 0. The highest BCUT2D eigenvalue weighted by molar-refractivity contribution is 6.12. The first-order chi connectivity index (χ1) is 17.6. The molecule has 6 rings (SSSR count). The molecule has 2 nitrogen and oxygen atoms in total. The second kappa shape index (κ2) is 8.31. The van der Waals surface area contributed by atoms with Crippen LogP contribution in [0.25, 0.3) is 55.1 Å². The second-order valence-electron chi connectivity index (χ2n) is 12.3. The van der Waals surface area contributed by atoms with Crippen LogP contribution in [-0.2, 0) is 10.8 Å². The van der Waals surface area contributed by atoms with Crippen LogP contribution in [0.1, 0.15) is 52.7 Å². The van der Waals surface area contributed by atoms with Gasteiger partial charge in [0.05, 0.1) is 16.9 Å². The van der Waals surface area contributed by atoms with E-state index < -0.39 is 0 Å². The molecule has 0 radical (unpaired) electrons. The van der Waals surface area contributed by atoms with E-state index in [9.17, 15) is 0 Å². The maximum atomic E-state index is 4.94. The molecule has 4 aromatic carbocycles. The summed E-state index contributed by atoms with van der Waals surface area (Å²) in [5, 5.41) is 6.25. The van der Waals surface area contributed by atoms with Gasteiger partial charge in [0.15, 0.2) is 0 Å². The number of benzene rings is 4. The van der Waals surface area contributed by atoms with Crippen molar-refractivity contribution in [2.75, 3.05) is 0 Å². The van der Waals surface area contributed by atoms with E-state index >= 15 is 0 Å². The lowest BCUT2D eigenvalue weighted by molar-refractivity contribution is 0.591. The van der Waals surface area contributed by atoms with Crippen molar-refractivity contribution in [2.24, 2.45) is 0 Å². The molecule has 0 aliphatic heterocycles. The lowest BCUT2D eigenvalue weighted by Gasteiger charge is -2.22. The molecule has 0 aliphatic carbocycles. The van der Waals surface area contributed by atoms with Gasteiger partial charge in [0.1, 0.15) is 0 Å². The SMILES string of the molecule is CC(C)(C)c1ccc2cc3ccc(C(C)(C)C)cc3c(-c3ccc(-c4ccc5ccccc5n4)[nH]3)c2c1. The van der Waals surface area contributed by atoms with Crippen LogP contribution in [0, 0.1) is 0 Å². The van der Waals surface area contributed by atoms with Crippen molar-refractivity contribution in [2.45, 2.75) is 52.4 Å². The van der Waals surface area contributed by atoms with Crippen LogP contribution in [0.5, 0.6) is 0 Å². The Balaban J connectivity index is 1.62. The first-order valence-electron chi connectivity index (χ1n) is 13.1. The molecular weight excluding hydrogens is 448 g/mol. The summed E-state index contributed by atoms with van der Waals surface area (Å²) in [6.07, 6.45) is 0. The van der Waals surface area contributed by atoms with E-state index in [1.807, 2.05) is 6.07 Å². The van der Waals surface area contributed by atoms with E-state index in [0.717, 1.165) is 28.0 Å². The van der Waals surface area contributed by atoms with Crippen molar-refractivity contribution in [3.63, 3.8) is 0 Å². The van der Waals surface area contributed by atoms with Gasteiger partial charge in [-0.3, -0.25) is 0 Å². The van der Waals surface area contributed by atoms with Gasteiger partial charge in [-0.15, -0.1) is 0 Å². The molecule has 6 aromatic rings. The minimum atomic E-state index is 0.0730. The molecule has 0 aliphatic rings. The summed E-state index contributed by atoms with van der Waals surface area (Å²) in [4.78, 5) is 8.69. The quantitative estimate of drug-likeness (QED) is 0.244. The molecule has 0 bridgehead atoms. The van der Waals surface area contributed by atoms with E-state index in [-0.39, 0.29) is 10.8 Å². The van der Waals surface area contributed by atoms with Gasteiger partial charge in [0, 0.05) is 16.6 Å². The molecule has 0 unspecified atom stereocenters. The monoisotopic (exact) mass is 482 g/mol. The molecule has 0 spiro atoms. The summed E-state index contributed by atoms with van der Waals surface area (Å²) in [7, 11) is 0. The number of pyridine rings is 1. The van der Waals surface area contributed by atoms with Crippen LogP contribution in [0.3, 0.4) is 0 Å². The number of hydrogen-bond donors (Lipinski definition) is 1. The Morgan fingerprint density at radius 2 is 1.11 bits per heavy atom. The summed E-state index contributed by atoms with van der Waals surface area (Å²) in [5.41, 5.74) is 8.22. The summed E-state index contributed by atoms with van der Waals surface area (Å²) >= 11 is 0. The van der Waals surface area contributed by atoms with Crippen LogP contribution in [-0.4, -0.2) is 9.97 Å². The fourth-order valence-corrected chi connectivity index (χ4v) is 5.24. The average Bonchev–Trinajstić information content (AvgIpc) is 3.35. The van der Waals surface area contributed by atoms with Crippen molar-refractivity contribution in [1.29, 1.82) is 0 Å². The molecular formula is C35H34N2. The molecule has 0 saturated heterocycles. The third kappa shape index (κ3) is 4.21. The zero-order chi connectivity index (χ0) is 25.9. The van der Waals surface area contributed by atoms with Gasteiger partial charge >= 0.3 is 0 Å². The second-order valence-corrected chi connectivity index (χ2v) is 12.3. The van der Waals surface area contributed by atoms with Gasteiger partial charge in [-0.2, -0.15) is 0 Å². The number of rotatable bonds is 2. The third-order valence-corrected chi connectivity index (χ3v) is 7.52. The zero-order valence-corrected chi connectivity index (χ0v) is 22.6. The number of para-hydroxylation sites is 1. The molecule has 1 N–H and O–H groups in total. The Bertz CT molecular complexity index is 1720. The van der Waals surface area contributed by atoms with Gasteiger partial charge in [0.2, 0.25) is 0 Å². The Morgan fingerprint density at radius 3 is 1.73 bits per heavy atom. The van der Waals surface area contributed by atoms with E-state index in [1.165, 1.54) is 38.2 Å². The number of H-pyrrole nitrogens is 1. The largest absolute Gasteiger partial charge is 0.353 e. The highest BCUT2D eigenvalue weighted by Crippen LogP contribution is 2.40. The molecule has 0 atom stereocenters. The van der Waals surface area contributed by atoms with E-state index in [0.29, 0.717) is 0 Å².